The number of hydrogen-bond acceptors (Lipinski definition) is 6. The number of rotatable bonds is 9. The van der Waals surface area contributed by atoms with E-state index in [0.717, 1.165) is 23.4 Å². The summed E-state index contributed by atoms with van der Waals surface area (Å²) in [5.41, 5.74) is 2.74. The van der Waals surface area contributed by atoms with Crippen molar-refractivity contribution in [3.05, 3.63) is 84.2 Å². The van der Waals surface area contributed by atoms with Crippen molar-refractivity contribution in [2.24, 2.45) is 4.99 Å². The summed E-state index contributed by atoms with van der Waals surface area (Å²) in [5, 5.41) is 6.67. The van der Waals surface area contributed by atoms with Crippen LogP contribution in [0.15, 0.2) is 78.0 Å². The minimum absolute atomic E-state index is 0.0273. The Morgan fingerprint density at radius 1 is 1.02 bits per heavy atom. The Hall–Kier alpha value is -4.66. The van der Waals surface area contributed by atoms with E-state index in [1.165, 1.54) is 59.2 Å². The molecule has 15 heteroatoms. The Labute approximate surface area is 265 Å². The standard InChI is InChI=1S/C31H29F5N6O3S/c1-18(2)24-16-23(44-3)12-13-25(24)41-14-15-46-30(41)39-29(43)38-27(33)26(32)19-4-6-20(7-5-19)28-37-17-42(40-28)21-8-10-22(11-9-21)45-31(34,35)36/h4-13,16-18,26-27H,14-15H2,1-3H3,(H,38,43). The fourth-order valence-electron chi connectivity index (χ4n) is 4.70. The molecule has 2 amide bonds. The van der Waals surface area contributed by atoms with E-state index in [1.54, 1.807) is 7.11 Å². The van der Waals surface area contributed by atoms with Gasteiger partial charge < -0.3 is 19.7 Å². The molecule has 0 spiro atoms. The van der Waals surface area contributed by atoms with Crippen molar-refractivity contribution >= 4 is 28.6 Å². The monoisotopic (exact) mass is 660 g/mol. The van der Waals surface area contributed by atoms with E-state index in [2.05, 4.69) is 19.8 Å². The van der Waals surface area contributed by atoms with Crippen LogP contribution in [0.2, 0.25) is 0 Å². The fraction of sp³-hybridized carbons (Fsp3) is 0.290. The number of alkyl halides is 5. The number of thioether (sulfide) groups is 1. The van der Waals surface area contributed by atoms with Crippen LogP contribution in [-0.4, -0.2) is 58.0 Å². The van der Waals surface area contributed by atoms with Crippen LogP contribution in [0.5, 0.6) is 11.5 Å². The lowest BCUT2D eigenvalue weighted by Gasteiger charge is -2.23. The van der Waals surface area contributed by atoms with Crippen LogP contribution in [0.25, 0.3) is 17.1 Å². The molecule has 1 aliphatic rings. The van der Waals surface area contributed by atoms with Crippen molar-refractivity contribution < 1.29 is 36.2 Å². The number of aromatic nitrogens is 3. The van der Waals surface area contributed by atoms with Crippen LogP contribution >= 0.6 is 11.8 Å². The maximum atomic E-state index is 15.1. The molecule has 0 aliphatic carbocycles. The van der Waals surface area contributed by atoms with Gasteiger partial charge in [-0.25, -0.2) is 23.2 Å². The number of nitrogens with zero attached hydrogens (tertiary/aromatic N) is 5. The zero-order valence-corrected chi connectivity index (χ0v) is 25.6. The Morgan fingerprint density at radius 2 is 1.72 bits per heavy atom. The molecule has 1 aliphatic heterocycles. The minimum atomic E-state index is -4.80. The van der Waals surface area contributed by atoms with Crippen LogP contribution in [0.4, 0.5) is 32.4 Å². The molecule has 9 nitrogen and oxygen atoms in total. The molecular weight excluding hydrogens is 631 g/mol. The highest BCUT2D eigenvalue weighted by atomic mass is 32.2. The first-order chi connectivity index (χ1) is 21.9. The molecular formula is C31H29F5N6O3S. The van der Waals surface area contributed by atoms with Gasteiger partial charge in [-0.1, -0.05) is 49.9 Å². The molecule has 1 fully saturated rings. The molecule has 1 N–H and O–H groups in total. The lowest BCUT2D eigenvalue weighted by Crippen LogP contribution is -2.34. The number of hydrogen-bond donors (Lipinski definition) is 1. The summed E-state index contributed by atoms with van der Waals surface area (Å²) in [5.74, 6) is 1.40. The number of anilines is 1. The Morgan fingerprint density at radius 3 is 2.37 bits per heavy atom. The van der Waals surface area contributed by atoms with Gasteiger partial charge in [-0.3, -0.25) is 0 Å². The van der Waals surface area contributed by atoms with Gasteiger partial charge in [-0.05, 0) is 59.5 Å². The number of benzene rings is 3. The number of nitrogens with one attached hydrogen (secondary N) is 1. The van der Waals surface area contributed by atoms with Gasteiger partial charge in [-0.2, -0.15) is 4.99 Å². The second-order valence-electron chi connectivity index (χ2n) is 10.4. The van der Waals surface area contributed by atoms with Gasteiger partial charge in [0.15, 0.2) is 17.2 Å². The summed E-state index contributed by atoms with van der Waals surface area (Å²) in [6, 6.07) is 15.3. The zero-order chi connectivity index (χ0) is 33.0. The molecule has 0 saturated carbocycles. The molecule has 242 valence electrons. The van der Waals surface area contributed by atoms with Crippen LogP contribution in [0, 0.1) is 0 Å². The van der Waals surface area contributed by atoms with Gasteiger partial charge in [0.1, 0.15) is 17.8 Å². The number of halogens is 5. The number of methoxy groups -OCH3 is 1. The van der Waals surface area contributed by atoms with Crippen molar-refractivity contribution in [1.29, 1.82) is 0 Å². The van der Waals surface area contributed by atoms with Crippen LogP contribution < -0.4 is 19.7 Å². The highest BCUT2D eigenvalue weighted by Gasteiger charge is 2.31. The molecule has 1 aromatic heterocycles. The van der Waals surface area contributed by atoms with Gasteiger partial charge in [0.25, 0.3) is 0 Å². The largest absolute Gasteiger partial charge is 0.573 e. The highest BCUT2D eigenvalue weighted by molar-refractivity contribution is 8.14. The molecule has 4 aromatic rings. The maximum Gasteiger partial charge on any atom is 0.573 e. The lowest BCUT2D eigenvalue weighted by molar-refractivity contribution is -0.274. The molecule has 46 heavy (non-hydrogen) atoms. The van der Waals surface area contributed by atoms with E-state index in [-0.39, 0.29) is 23.1 Å². The number of aliphatic imine (C=N–C) groups is 1. The first kappa shape index (κ1) is 32.7. The van der Waals surface area contributed by atoms with Gasteiger partial charge >= 0.3 is 12.4 Å². The quantitative estimate of drug-likeness (QED) is 0.146. The summed E-state index contributed by atoms with van der Waals surface area (Å²) in [7, 11) is 1.59. The molecule has 5 rings (SSSR count). The van der Waals surface area contributed by atoms with Crippen molar-refractivity contribution in [2.45, 2.75) is 38.6 Å². The third-order valence-electron chi connectivity index (χ3n) is 6.95. The van der Waals surface area contributed by atoms with E-state index < -0.39 is 24.9 Å². The number of urea groups is 1. The van der Waals surface area contributed by atoms with E-state index >= 15 is 4.39 Å². The van der Waals surface area contributed by atoms with Crippen LogP contribution in [0.3, 0.4) is 0 Å². The van der Waals surface area contributed by atoms with Gasteiger partial charge in [0.05, 0.1) is 12.8 Å². The average molecular weight is 661 g/mol. The SMILES string of the molecule is COc1ccc(N2CCSC2=NC(=O)NC(F)C(F)c2ccc(-c3ncn(-c4ccc(OC(F)(F)F)cc4)n3)cc2)c(C(C)C)c1. The molecule has 1 saturated heterocycles. The Balaban J connectivity index is 1.22. The first-order valence-electron chi connectivity index (χ1n) is 14.1. The second kappa shape index (κ2) is 13.8. The van der Waals surface area contributed by atoms with Crippen molar-refractivity contribution in [1.82, 2.24) is 20.1 Å². The Kier molecular flexibility index (Phi) is 9.79. The smallest absolute Gasteiger partial charge is 0.497 e. The molecule has 2 unspecified atom stereocenters. The van der Waals surface area contributed by atoms with Crippen LogP contribution in [0.1, 0.15) is 37.1 Å². The number of amidine groups is 1. The number of amides is 2. The fourth-order valence-corrected chi connectivity index (χ4v) is 5.65. The van der Waals surface area contributed by atoms with Crippen molar-refractivity contribution in [2.75, 3.05) is 24.3 Å². The second-order valence-corrected chi connectivity index (χ2v) is 11.5. The van der Waals surface area contributed by atoms with E-state index in [1.807, 2.05) is 42.3 Å². The summed E-state index contributed by atoms with van der Waals surface area (Å²) in [6.45, 7) is 4.67. The van der Waals surface area contributed by atoms with Gasteiger partial charge in [0, 0.05) is 23.5 Å². The number of carbonyl (C=O) groups excluding carboxylic acids is 1. The topological polar surface area (TPSA) is 93.9 Å². The maximum absolute atomic E-state index is 15.1. The van der Waals surface area contributed by atoms with Crippen LogP contribution in [-0.2, 0) is 0 Å². The normalized spacial score (nSPS) is 15.7. The minimum Gasteiger partial charge on any atom is -0.497 e. The molecule has 0 bridgehead atoms. The first-order valence-corrected chi connectivity index (χ1v) is 15.0. The van der Waals surface area contributed by atoms with Gasteiger partial charge in [-0.15, -0.1) is 18.3 Å². The average Bonchev–Trinajstić information content (AvgIpc) is 3.70. The molecule has 0 radical (unpaired) electrons. The Bertz CT molecular complexity index is 1700. The predicted octanol–water partition coefficient (Wildman–Crippen LogP) is 7.59. The van der Waals surface area contributed by atoms with E-state index in [9.17, 15) is 22.4 Å². The predicted molar refractivity (Wildman–Crippen MR) is 165 cm³/mol. The summed E-state index contributed by atoms with van der Waals surface area (Å²) < 4.78 is 77.7. The number of ether oxygens (including phenoxy) is 2. The summed E-state index contributed by atoms with van der Waals surface area (Å²) in [6.07, 6.45) is -7.99. The summed E-state index contributed by atoms with van der Waals surface area (Å²) >= 11 is 1.35. The highest BCUT2D eigenvalue weighted by Crippen LogP contribution is 2.35. The summed E-state index contributed by atoms with van der Waals surface area (Å²) in [4.78, 5) is 22.7. The van der Waals surface area contributed by atoms with E-state index in [0.29, 0.717) is 34.5 Å². The van der Waals surface area contributed by atoms with Crippen molar-refractivity contribution in [3.8, 4) is 28.6 Å². The molecule has 2 atom stereocenters. The molecule has 3 aromatic carbocycles. The van der Waals surface area contributed by atoms with Gasteiger partial charge in [0.2, 0.25) is 6.30 Å². The zero-order valence-electron chi connectivity index (χ0n) is 24.8. The third-order valence-corrected chi connectivity index (χ3v) is 7.91. The lowest BCUT2D eigenvalue weighted by atomic mass is 10.00. The molecule has 2 heterocycles. The van der Waals surface area contributed by atoms with E-state index in [4.69, 9.17) is 4.74 Å². The van der Waals surface area contributed by atoms with Crippen molar-refractivity contribution in [3.63, 3.8) is 0 Å². The third kappa shape index (κ3) is 7.76. The number of carbonyl (C=O) groups is 1.